The number of nitrogens with one attached hydrogen (secondary N) is 3. The van der Waals surface area contributed by atoms with E-state index in [2.05, 4.69) is 36.5 Å². The summed E-state index contributed by atoms with van der Waals surface area (Å²) >= 11 is 3.24. The van der Waals surface area contributed by atoms with Crippen molar-refractivity contribution in [2.75, 3.05) is 11.9 Å². The Hall–Kier alpha value is -2.35. The molecular formula is C13H13BrN4O3. The summed E-state index contributed by atoms with van der Waals surface area (Å²) in [7, 11) is 0. The molecule has 1 aromatic carbocycles. The predicted octanol–water partition coefficient (Wildman–Crippen LogP) is 2.23. The maximum atomic E-state index is 11.8. The van der Waals surface area contributed by atoms with Gasteiger partial charge in [-0.1, -0.05) is 15.9 Å². The van der Waals surface area contributed by atoms with Gasteiger partial charge in [0.05, 0.1) is 17.6 Å². The molecule has 1 heterocycles. The largest absolute Gasteiger partial charge is 0.478 e. The fourth-order valence-corrected chi connectivity index (χ4v) is 2.07. The molecule has 0 saturated carbocycles. The molecule has 0 bridgehead atoms. The van der Waals surface area contributed by atoms with Crippen LogP contribution < -0.4 is 10.6 Å². The molecule has 21 heavy (non-hydrogen) atoms. The van der Waals surface area contributed by atoms with Crippen molar-refractivity contribution in [2.45, 2.75) is 6.42 Å². The SMILES string of the molecule is O=C(NCCc1cnc[nH]1)Nc1cc(Br)ccc1C(=O)O. The van der Waals surface area contributed by atoms with Gasteiger partial charge in [0.25, 0.3) is 0 Å². The quantitative estimate of drug-likeness (QED) is 0.661. The lowest BCUT2D eigenvalue weighted by Gasteiger charge is -2.10. The van der Waals surface area contributed by atoms with Crippen LogP contribution in [0.2, 0.25) is 0 Å². The van der Waals surface area contributed by atoms with Crippen molar-refractivity contribution in [2.24, 2.45) is 0 Å². The lowest BCUT2D eigenvalue weighted by Crippen LogP contribution is -2.31. The molecule has 2 rings (SSSR count). The first-order valence-corrected chi connectivity index (χ1v) is 6.90. The van der Waals surface area contributed by atoms with Gasteiger partial charge in [-0.2, -0.15) is 0 Å². The van der Waals surface area contributed by atoms with Crippen LogP contribution in [0.1, 0.15) is 16.1 Å². The number of carboxylic acid groups (broad SMARTS) is 1. The molecule has 7 nitrogen and oxygen atoms in total. The summed E-state index contributed by atoms with van der Waals surface area (Å²) in [5.74, 6) is -1.10. The van der Waals surface area contributed by atoms with Crippen molar-refractivity contribution in [3.63, 3.8) is 0 Å². The number of carbonyl (C=O) groups excluding carboxylic acids is 1. The van der Waals surface area contributed by atoms with Crippen molar-refractivity contribution in [3.05, 3.63) is 46.5 Å². The Morgan fingerprint density at radius 1 is 1.38 bits per heavy atom. The summed E-state index contributed by atoms with van der Waals surface area (Å²) < 4.78 is 0.681. The fourth-order valence-electron chi connectivity index (χ4n) is 1.70. The summed E-state index contributed by atoms with van der Waals surface area (Å²) in [5, 5.41) is 14.2. The van der Waals surface area contributed by atoms with Crippen molar-refractivity contribution in [3.8, 4) is 0 Å². The molecular weight excluding hydrogens is 340 g/mol. The van der Waals surface area contributed by atoms with Crippen LogP contribution in [0.5, 0.6) is 0 Å². The zero-order valence-corrected chi connectivity index (χ0v) is 12.5. The van der Waals surface area contributed by atoms with Gasteiger partial charge in [0, 0.05) is 29.3 Å². The average Bonchev–Trinajstić information content (AvgIpc) is 2.91. The van der Waals surface area contributed by atoms with Crippen molar-refractivity contribution < 1.29 is 14.7 Å². The van der Waals surface area contributed by atoms with E-state index in [-0.39, 0.29) is 11.3 Å². The molecule has 8 heteroatoms. The monoisotopic (exact) mass is 352 g/mol. The van der Waals surface area contributed by atoms with E-state index in [1.807, 2.05) is 0 Å². The molecule has 0 unspecified atom stereocenters. The second-order valence-electron chi connectivity index (χ2n) is 4.20. The van der Waals surface area contributed by atoms with Gasteiger partial charge in [-0.3, -0.25) is 0 Å². The van der Waals surface area contributed by atoms with Crippen LogP contribution in [-0.4, -0.2) is 33.6 Å². The zero-order chi connectivity index (χ0) is 15.2. The highest BCUT2D eigenvalue weighted by Crippen LogP contribution is 2.21. The molecule has 0 radical (unpaired) electrons. The number of amides is 2. The predicted molar refractivity (Wildman–Crippen MR) is 80.4 cm³/mol. The molecule has 0 aliphatic heterocycles. The van der Waals surface area contributed by atoms with Gasteiger partial charge < -0.3 is 20.7 Å². The third kappa shape index (κ3) is 4.32. The Kier molecular flexibility index (Phi) is 4.94. The number of aromatic amines is 1. The van der Waals surface area contributed by atoms with Crippen LogP contribution in [0.15, 0.2) is 35.2 Å². The summed E-state index contributed by atoms with van der Waals surface area (Å²) in [5.41, 5.74) is 1.17. The van der Waals surface area contributed by atoms with E-state index in [9.17, 15) is 9.59 Å². The Labute approximate surface area is 128 Å². The van der Waals surface area contributed by atoms with Crippen LogP contribution in [0.4, 0.5) is 10.5 Å². The number of aromatic nitrogens is 2. The number of aromatic carboxylic acids is 1. The highest BCUT2D eigenvalue weighted by molar-refractivity contribution is 9.10. The van der Waals surface area contributed by atoms with Crippen LogP contribution in [0.3, 0.4) is 0 Å². The molecule has 2 amide bonds. The number of halogens is 1. The van der Waals surface area contributed by atoms with Crippen LogP contribution in [0, 0.1) is 0 Å². The van der Waals surface area contributed by atoms with Crippen molar-refractivity contribution >= 4 is 33.6 Å². The highest BCUT2D eigenvalue weighted by atomic mass is 79.9. The zero-order valence-electron chi connectivity index (χ0n) is 10.9. The molecule has 0 aliphatic carbocycles. The first kappa shape index (κ1) is 15.0. The van der Waals surface area contributed by atoms with E-state index >= 15 is 0 Å². The Balaban J connectivity index is 1.93. The molecule has 110 valence electrons. The number of urea groups is 1. The summed E-state index contributed by atoms with van der Waals surface area (Å²) in [6.45, 7) is 0.407. The number of benzene rings is 1. The lowest BCUT2D eigenvalue weighted by molar-refractivity contribution is 0.0698. The van der Waals surface area contributed by atoms with Crippen molar-refractivity contribution in [1.29, 1.82) is 0 Å². The summed E-state index contributed by atoms with van der Waals surface area (Å²) in [4.78, 5) is 29.7. The molecule has 0 spiro atoms. The smallest absolute Gasteiger partial charge is 0.337 e. The van der Waals surface area contributed by atoms with E-state index in [0.29, 0.717) is 17.4 Å². The standard InChI is InChI=1S/C13H13BrN4O3/c14-8-1-2-10(12(19)20)11(5-8)18-13(21)16-4-3-9-6-15-7-17-9/h1-2,5-7H,3-4H2,(H,15,17)(H,19,20)(H2,16,18,21). The minimum atomic E-state index is -1.10. The second-order valence-corrected chi connectivity index (χ2v) is 5.12. The minimum Gasteiger partial charge on any atom is -0.478 e. The van der Waals surface area contributed by atoms with Gasteiger partial charge in [-0.25, -0.2) is 14.6 Å². The van der Waals surface area contributed by atoms with Gasteiger partial charge in [0.15, 0.2) is 0 Å². The van der Waals surface area contributed by atoms with Crippen molar-refractivity contribution in [1.82, 2.24) is 15.3 Å². The third-order valence-corrected chi connectivity index (χ3v) is 3.19. The van der Waals surface area contributed by atoms with Gasteiger partial charge in [0.2, 0.25) is 0 Å². The molecule has 0 aliphatic rings. The number of imidazole rings is 1. The van der Waals surface area contributed by atoms with Crippen LogP contribution in [0.25, 0.3) is 0 Å². The molecule has 0 fully saturated rings. The number of anilines is 1. The van der Waals surface area contributed by atoms with Gasteiger partial charge in [-0.05, 0) is 18.2 Å². The van der Waals surface area contributed by atoms with E-state index in [0.717, 1.165) is 5.69 Å². The first-order valence-electron chi connectivity index (χ1n) is 6.11. The number of hydrogen-bond acceptors (Lipinski definition) is 3. The average molecular weight is 353 g/mol. The summed E-state index contributed by atoms with van der Waals surface area (Å²) in [6.07, 6.45) is 3.85. The van der Waals surface area contributed by atoms with Gasteiger partial charge in [-0.15, -0.1) is 0 Å². The van der Waals surface area contributed by atoms with Crippen LogP contribution >= 0.6 is 15.9 Å². The lowest BCUT2D eigenvalue weighted by atomic mass is 10.2. The number of carbonyl (C=O) groups is 2. The Morgan fingerprint density at radius 3 is 2.86 bits per heavy atom. The first-order chi connectivity index (χ1) is 10.1. The number of H-pyrrole nitrogens is 1. The van der Waals surface area contributed by atoms with Crippen LogP contribution in [-0.2, 0) is 6.42 Å². The number of hydrogen-bond donors (Lipinski definition) is 4. The molecule has 2 aromatic rings. The number of carboxylic acids is 1. The van der Waals surface area contributed by atoms with E-state index < -0.39 is 12.0 Å². The minimum absolute atomic E-state index is 0.0296. The second kappa shape index (κ2) is 6.89. The van der Waals surface area contributed by atoms with E-state index in [4.69, 9.17) is 5.11 Å². The van der Waals surface area contributed by atoms with E-state index in [1.54, 1.807) is 18.6 Å². The maximum Gasteiger partial charge on any atom is 0.337 e. The molecule has 0 saturated heterocycles. The third-order valence-electron chi connectivity index (χ3n) is 2.69. The molecule has 4 N–H and O–H groups in total. The Morgan fingerprint density at radius 2 is 2.19 bits per heavy atom. The maximum absolute atomic E-state index is 11.8. The molecule has 1 aromatic heterocycles. The van der Waals surface area contributed by atoms with E-state index in [1.165, 1.54) is 12.1 Å². The Bertz CT molecular complexity index is 643. The fraction of sp³-hybridized carbons (Fsp3) is 0.154. The topological polar surface area (TPSA) is 107 Å². The molecule has 0 atom stereocenters. The number of nitrogens with zero attached hydrogens (tertiary/aromatic N) is 1. The highest BCUT2D eigenvalue weighted by Gasteiger charge is 2.12. The van der Waals surface area contributed by atoms with Gasteiger partial charge in [0.1, 0.15) is 0 Å². The van der Waals surface area contributed by atoms with Gasteiger partial charge >= 0.3 is 12.0 Å². The number of rotatable bonds is 5. The summed E-state index contributed by atoms with van der Waals surface area (Å²) in [6, 6.07) is 4.10. The normalized spacial score (nSPS) is 10.1.